The molecule has 96 valence electrons. The molecule has 0 bridgehead atoms. The molecule has 4 nitrogen and oxygen atoms in total. The molecule has 0 aliphatic rings. The fourth-order valence-electron chi connectivity index (χ4n) is 1.24. The van der Waals surface area contributed by atoms with Crippen LogP contribution in [0.25, 0.3) is 0 Å². The highest BCUT2D eigenvalue weighted by molar-refractivity contribution is 9.10. The highest BCUT2D eigenvalue weighted by atomic mass is 79.9. The monoisotopic (exact) mass is 323 g/mol. The predicted octanol–water partition coefficient (Wildman–Crippen LogP) is 2.44. The minimum Gasteiger partial charge on any atom is -0.496 e. The molecule has 0 heterocycles. The van der Waals surface area contributed by atoms with E-state index in [9.17, 15) is 4.79 Å². The normalized spacial score (nSPS) is 11.3. The lowest BCUT2D eigenvalue weighted by Crippen LogP contribution is -2.23. The third-order valence-corrected chi connectivity index (χ3v) is 2.70. The van der Waals surface area contributed by atoms with Crippen LogP contribution in [-0.2, 0) is 9.53 Å². The van der Waals surface area contributed by atoms with Crippen molar-refractivity contribution in [3.05, 3.63) is 28.2 Å². The van der Waals surface area contributed by atoms with Gasteiger partial charge in [0.2, 0.25) is 0 Å². The Kier molecular flexibility index (Phi) is 7.18. The van der Waals surface area contributed by atoms with E-state index in [4.69, 9.17) is 15.2 Å². The summed E-state index contributed by atoms with van der Waals surface area (Å²) < 4.78 is 10.7. The lowest BCUT2D eigenvalue weighted by Gasteiger charge is -2.12. The molecule has 0 saturated heterocycles. The van der Waals surface area contributed by atoms with Crippen LogP contribution in [-0.4, -0.2) is 19.7 Å². The van der Waals surface area contributed by atoms with Gasteiger partial charge in [0.25, 0.3) is 0 Å². The van der Waals surface area contributed by atoms with Crippen molar-refractivity contribution in [3.63, 3.8) is 0 Å². The zero-order valence-electron chi connectivity index (χ0n) is 9.60. The van der Waals surface area contributed by atoms with Gasteiger partial charge < -0.3 is 15.2 Å². The van der Waals surface area contributed by atoms with Gasteiger partial charge in [-0.05, 0) is 40.5 Å². The second kappa shape index (κ2) is 7.53. The number of esters is 1. The standard InChI is InChI=1S/C11H14BrNO3.ClH/c1-3-16-11(14)10(13)7-4-5-9(15-2)8(12)6-7;/h4-6,10H,3,13H2,1-2H3;1H. The molecule has 1 atom stereocenters. The SMILES string of the molecule is CCOC(=O)C(N)c1ccc(OC)c(Br)c1.Cl. The minimum atomic E-state index is -0.762. The molecule has 0 spiro atoms. The molecule has 0 aromatic heterocycles. The van der Waals surface area contributed by atoms with Crippen LogP contribution in [0.4, 0.5) is 0 Å². The van der Waals surface area contributed by atoms with Crippen LogP contribution in [0.15, 0.2) is 22.7 Å². The Balaban J connectivity index is 0.00000256. The van der Waals surface area contributed by atoms with Gasteiger partial charge in [0.15, 0.2) is 0 Å². The zero-order chi connectivity index (χ0) is 12.1. The summed E-state index contributed by atoms with van der Waals surface area (Å²) >= 11 is 3.33. The molecule has 1 aromatic carbocycles. The van der Waals surface area contributed by atoms with Crippen LogP contribution in [0.1, 0.15) is 18.5 Å². The first kappa shape index (κ1) is 16.2. The molecule has 0 amide bonds. The summed E-state index contributed by atoms with van der Waals surface area (Å²) in [5.41, 5.74) is 6.44. The summed E-state index contributed by atoms with van der Waals surface area (Å²) in [6.45, 7) is 2.07. The third kappa shape index (κ3) is 4.18. The summed E-state index contributed by atoms with van der Waals surface area (Å²) in [7, 11) is 1.57. The first-order valence-electron chi connectivity index (χ1n) is 4.85. The van der Waals surface area contributed by atoms with Crippen molar-refractivity contribution in [3.8, 4) is 5.75 Å². The number of halogens is 2. The van der Waals surface area contributed by atoms with Crippen molar-refractivity contribution in [1.82, 2.24) is 0 Å². The fraction of sp³-hybridized carbons (Fsp3) is 0.364. The number of carbonyl (C=O) groups excluding carboxylic acids is 1. The summed E-state index contributed by atoms with van der Waals surface area (Å²) in [6.07, 6.45) is 0. The summed E-state index contributed by atoms with van der Waals surface area (Å²) in [5.74, 6) is 0.263. The molecule has 6 heteroatoms. The first-order chi connectivity index (χ1) is 7.60. The molecular weight excluding hydrogens is 309 g/mol. The Bertz CT molecular complexity index is 387. The number of ether oxygens (including phenoxy) is 2. The number of hydrogen-bond acceptors (Lipinski definition) is 4. The van der Waals surface area contributed by atoms with Gasteiger partial charge in [-0.15, -0.1) is 12.4 Å². The molecule has 1 rings (SSSR count). The fourth-order valence-corrected chi connectivity index (χ4v) is 1.80. The Morgan fingerprint density at radius 3 is 2.65 bits per heavy atom. The van der Waals surface area contributed by atoms with E-state index < -0.39 is 12.0 Å². The summed E-state index contributed by atoms with van der Waals surface area (Å²) in [5, 5.41) is 0. The average Bonchev–Trinajstić information content (AvgIpc) is 2.28. The van der Waals surface area contributed by atoms with Crippen molar-refractivity contribution in [2.45, 2.75) is 13.0 Å². The van der Waals surface area contributed by atoms with Gasteiger partial charge in [-0.2, -0.15) is 0 Å². The molecule has 17 heavy (non-hydrogen) atoms. The van der Waals surface area contributed by atoms with Crippen molar-refractivity contribution >= 4 is 34.3 Å². The molecule has 1 unspecified atom stereocenters. The Hall–Kier alpha value is -0.780. The molecule has 0 saturated carbocycles. The van der Waals surface area contributed by atoms with Gasteiger partial charge in [0, 0.05) is 0 Å². The number of nitrogens with two attached hydrogens (primary N) is 1. The largest absolute Gasteiger partial charge is 0.496 e. The van der Waals surface area contributed by atoms with Crippen molar-refractivity contribution in [2.75, 3.05) is 13.7 Å². The maximum atomic E-state index is 11.4. The first-order valence-corrected chi connectivity index (χ1v) is 5.65. The maximum absolute atomic E-state index is 11.4. The van der Waals surface area contributed by atoms with Gasteiger partial charge >= 0.3 is 5.97 Å². The highest BCUT2D eigenvalue weighted by Gasteiger charge is 2.17. The highest BCUT2D eigenvalue weighted by Crippen LogP contribution is 2.27. The van der Waals surface area contributed by atoms with Crippen LogP contribution in [0.5, 0.6) is 5.75 Å². The van der Waals surface area contributed by atoms with Crippen LogP contribution >= 0.6 is 28.3 Å². The Labute approximate surface area is 115 Å². The van der Waals surface area contributed by atoms with E-state index in [1.807, 2.05) is 0 Å². The quantitative estimate of drug-likeness (QED) is 0.864. The second-order valence-electron chi connectivity index (χ2n) is 3.12. The summed E-state index contributed by atoms with van der Waals surface area (Å²) in [6, 6.07) is 4.48. The number of hydrogen-bond donors (Lipinski definition) is 1. The number of methoxy groups -OCH3 is 1. The smallest absolute Gasteiger partial charge is 0.327 e. The van der Waals surface area contributed by atoms with Gasteiger partial charge in [-0.25, -0.2) is 4.79 Å². The number of benzene rings is 1. The lowest BCUT2D eigenvalue weighted by atomic mass is 10.1. The summed E-state index contributed by atoms with van der Waals surface area (Å²) in [4.78, 5) is 11.4. The molecule has 0 radical (unpaired) electrons. The van der Waals surface area contributed by atoms with E-state index in [-0.39, 0.29) is 12.4 Å². The zero-order valence-corrected chi connectivity index (χ0v) is 12.0. The molecule has 0 aliphatic carbocycles. The average molecular weight is 325 g/mol. The van der Waals surface area contributed by atoms with Crippen LogP contribution in [0.3, 0.4) is 0 Å². The molecule has 1 aromatic rings. The van der Waals surface area contributed by atoms with Gasteiger partial charge in [0.1, 0.15) is 11.8 Å². The van der Waals surface area contributed by atoms with Crippen molar-refractivity contribution in [1.29, 1.82) is 0 Å². The van der Waals surface area contributed by atoms with Gasteiger partial charge in [-0.1, -0.05) is 6.07 Å². The molecule has 0 aliphatic heterocycles. The van der Waals surface area contributed by atoms with Crippen LogP contribution < -0.4 is 10.5 Å². The van der Waals surface area contributed by atoms with E-state index in [0.717, 1.165) is 4.47 Å². The molecular formula is C11H15BrClNO3. The third-order valence-electron chi connectivity index (χ3n) is 2.08. The van der Waals surface area contributed by atoms with Crippen LogP contribution in [0.2, 0.25) is 0 Å². The minimum absolute atomic E-state index is 0. The van der Waals surface area contributed by atoms with Crippen molar-refractivity contribution < 1.29 is 14.3 Å². The molecule has 2 N–H and O–H groups in total. The van der Waals surface area contributed by atoms with Gasteiger partial charge in [-0.3, -0.25) is 0 Å². The van der Waals surface area contributed by atoms with Gasteiger partial charge in [0.05, 0.1) is 18.2 Å². The van der Waals surface area contributed by atoms with E-state index in [1.54, 1.807) is 32.2 Å². The maximum Gasteiger partial charge on any atom is 0.327 e. The number of rotatable bonds is 4. The number of carbonyl (C=O) groups is 1. The lowest BCUT2D eigenvalue weighted by molar-refractivity contribution is -0.144. The second-order valence-corrected chi connectivity index (χ2v) is 3.98. The Morgan fingerprint density at radius 1 is 1.53 bits per heavy atom. The van der Waals surface area contributed by atoms with Crippen molar-refractivity contribution in [2.24, 2.45) is 5.73 Å². The topological polar surface area (TPSA) is 61.5 Å². The van der Waals surface area contributed by atoms with E-state index in [0.29, 0.717) is 17.9 Å². The Morgan fingerprint density at radius 2 is 2.18 bits per heavy atom. The van der Waals surface area contributed by atoms with Crippen LogP contribution in [0, 0.1) is 0 Å². The molecule has 0 fully saturated rings. The van der Waals surface area contributed by atoms with E-state index in [2.05, 4.69) is 15.9 Å². The predicted molar refractivity (Wildman–Crippen MR) is 71.5 cm³/mol. The van der Waals surface area contributed by atoms with E-state index >= 15 is 0 Å². The van der Waals surface area contributed by atoms with E-state index in [1.165, 1.54) is 0 Å².